The zero-order valence-electron chi connectivity index (χ0n) is 14.2. The summed E-state index contributed by atoms with van der Waals surface area (Å²) in [5, 5.41) is 5.26. The van der Waals surface area contributed by atoms with E-state index in [0.717, 1.165) is 28.3 Å². The lowest BCUT2D eigenvalue weighted by Gasteiger charge is -2.11. The van der Waals surface area contributed by atoms with Gasteiger partial charge >= 0.3 is 0 Å². The van der Waals surface area contributed by atoms with Crippen LogP contribution in [-0.4, -0.2) is 22.5 Å². The molecule has 5 nitrogen and oxygen atoms in total. The lowest BCUT2D eigenvalue weighted by Crippen LogP contribution is -2.15. The number of thiazole rings is 1. The number of para-hydroxylation sites is 1. The minimum absolute atomic E-state index is 0.117. The molecule has 25 heavy (non-hydrogen) atoms. The molecule has 1 N–H and O–H groups in total. The van der Waals surface area contributed by atoms with E-state index in [1.54, 1.807) is 6.20 Å². The number of rotatable bonds is 6. The molecule has 2 aromatic heterocycles. The van der Waals surface area contributed by atoms with Crippen LogP contribution in [0.15, 0.2) is 48.0 Å². The van der Waals surface area contributed by atoms with E-state index in [0.29, 0.717) is 11.7 Å². The first-order chi connectivity index (χ1) is 12.1. The third kappa shape index (κ3) is 4.42. The summed E-state index contributed by atoms with van der Waals surface area (Å²) in [6, 6.07) is 11.6. The van der Waals surface area contributed by atoms with Gasteiger partial charge in [-0.15, -0.1) is 11.3 Å². The summed E-state index contributed by atoms with van der Waals surface area (Å²) < 4.78 is 5.76. The van der Waals surface area contributed by atoms with Crippen molar-refractivity contribution < 1.29 is 9.53 Å². The number of pyridine rings is 1. The highest BCUT2D eigenvalue weighted by Crippen LogP contribution is 2.24. The third-order valence-corrected chi connectivity index (χ3v) is 4.42. The highest BCUT2D eigenvalue weighted by molar-refractivity contribution is 7.14. The molecule has 0 bridgehead atoms. The molecule has 0 saturated heterocycles. The van der Waals surface area contributed by atoms with Gasteiger partial charge in [-0.3, -0.25) is 9.78 Å². The number of hydrogen-bond donors (Lipinski definition) is 1. The number of amides is 1. The fraction of sp³-hybridized carbons (Fsp3) is 0.211. The molecule has 3 aromatic rings. The number of carbonyl (C=O) groups is 1. The average Bonchev–Trinajstić information content (AvgIpc) is 3.07. The fourth-order valence-electron chi connectivity index (χ4n) is 2.42. The number of aromatic nitrogens is 2. The van der Waals surface area contributed by atoms with Crippen LogP contribution in [-0.2, 0) is 4.79 Å². The van der Waals surface area contributed by atoms with Crippen LogP contribution in [0.3, 0.4) is 0 Å². The van der Waals surface area contributed by atoms with Crippen molar-refractivity contribution in [3.8, 4) is 17.1 Å². The maximum absolute atomic E-state index is 12.1. The molecular formula is C19H19N3O2S. The summed E-state index contributed by atoms with van der Waals surface area (Å²) >= 11 is 1.38. The maximum atomic E-state index is 12.1. The van der Waals surface area contributed by atoms with Crippen molar-refractivity contribution in [2.75, 3.05) is 11.9 Å². The van der Waals surface area contributed by atoms with Crippen LogP contribution in [0.2, 0.25) is 0 Å². The van der Waals surface area contributed by atoms with E-state index in [-0.39, 0.29) is 12.3 Å². The molecule has 0 atom stereocenters. The second kappa shape index (κ2) is 7.90. The lowest BCUT2D eigenvalue weighted by molar-refractivity contribution is -0.116. The number of benzene rings is 1. The number of nitrogens with zero attached hydrogens (tertiary/aromatic N) is 2. The van der Waals surface area contributed by atoms with Crippen LogP contribution >= 0.6 is 11.3 Å². The first-order valence-corrected chi connectivity index (χ1v) is 8.87. The van der Waals surface area contributed by atoms with E-state index >= 15 is 0 Å². The highest BCUT2D eigenvalue weighted by atomic mass is 32.1. The molecule has 0 saturated carbocycles. The minimum Gasteiger partial charge on any atom is -0.493 e. The Kier molecular flexibility index (Phi) is 5.40. The third-order valence-electron chi connectivity index (χ3n) is 3.66. The van der Waals surface area contributed by atoms with Gasteiger partial charge in [0, 0.05) is 11.6 Å². The van der Waals surface area contributed by atoms with Gasteiger partial charge in [-0.2, -0.15) is 0 Å². The number of carbonyl (C=O) groups excluding carboxylic acids is 1. The van der Waals surface area contributed by atoms with Crippen molar-refractivity contribution in [1.82, 2.24) is 9.97 Å². The monoisotopic (exact) mass is 353 g/mol. The molecule has 0 aliphatic heterocycles. The Morgan fingerprint density at radius 2 is 1.92 bits per heavy atom. The molecule has 6 heteroatoms. The molecule has 1 amide bonds. The summed E-state index contributed by atoms with van der Waals surface area (Å²) in [5.74, 6) is 0.732. The number of nitrogens with one attached hydrogen (secondary N) is 1. The molecule has 0 aliphatic carbocycles. The SMILES string of the molecule is Cc1cccc(C)c1OCCC(=O)Nc1nc(-c2ccccn2)cs1. The summed E-state index contributed by atoms with van der Waals surface area (Å²) in [6.07, 6.45) is 1.99. The van der Waals surface area contributed by atoms with Crippen LogP contribution < -0.4 is 10.1 Å². The van der Waals surface area contributed by atoms with Gasteiger partial charge in [0.25, 0.3) is 0 Å². The average molecular weight is 353 g/mol. The van der Waals surface area contributed by atoms with Gasteiger partial charge in [-0.1, -0.05) is 24.3 Å². The minimum atomic E-state index is -0.117. The fourth-order valence-corrected chi connectivity index (χ4v) is 3.14. The normalized spacial score (nSPS) is 10.5. The summed E-state index contributed by atoms with van der Waals surface area (Å²) in [5.41, 5.74) is 3.69. The Bertz CT molecular complexity index is 842. The Morgan fingerprint density at radius 3 is 2.64 bits per heavy atom. The molecule has 128 valence electrons. The van der Waals surface area contributed by atoms with E-state index < -0.39 is 0 Å². The Morgan fingerprint density at radius 1 is 1.12 bits per heavy atom. The quantitative estimate of drug-likeness (QED) is 0.720. The van der Waals surface area contributed by atoms with Crippen molar-refractivity contribution in [3.63, 3.8) is 0 Å². The molecular weight excluding hydrogens is 334 g/mol. The van der Waals surface area contributed by atoms with Crippen LogP contribution in [0.5, 0.6) is 5.75 Å². The molecule has 0 spiro atoms. The topological polar surface area (TPSA) is 64.1 Å². The van der Waals surface area contributed by atoms with Gasteiger partial charge in [0.2, 0.25) is 5.91 Å². The molecule has 2 heterocycles. The van der Waals surface area contributed by atoms with Crippen molar-refractivity contribution in [3.05, 3.63) is 59.1 Å². The summed E-state index contributed by atoms with van der Waals surface area (Å²) in [6.45, 7) is 4.32. The van der Waals surface area contributed by atoms with E-state index in [9.17, 15) is 4.79 Å². The number of ether oxygens (including phenoxy) is 1. The molecule has 0 radical (unpaired) electrons. The predicted molar refractivity (Wildman–Crippen MR) is 100 cm³/mol. The summed E-state index contributed by atoms with van der Waals surface area (Å²) in [7, 11) is 0. The number of aryl methyl sites for hydroxylation is 2. The Labute approximate surface area is 150 Å². The van der Waals surface area contributed by atoms with Crippen LogP contribution in [0.1, 0.15) is 17.5 Å². The molecule has 1 aromatic carbocycles. The van der Waals surface area contributed by atoms with Gasteiger partial charge in [0.05, 0.1) is 18.7 Å². The van der Waals surface area contributed by atoms with Gasteiger partial charge in [0.1, 0.15) is 11.4 Å². The Balaban J connectivity index is 1.52. The predicted octanol–water partition coefficient (Wildman–Crippen LogP) is 4.23. The maximum Gasteiger partial charge on any atom is 0.229 e. The van der Waals surface area contributed by atoms with Crippen molar-refractivity contribution in [2.24, 2.45) is 0 Å². The van der Waals surface area contributed by atoms with E-state index in [1.165, 1.54) is 11.3 Å². The largest absolute Gasteiger partial charge is 0.493 e. The van der Waals surface area contributed by atoms with Gasteiger partial charge in [0.15, 0.2) is 5.13 Å². The van der Waals surface area contributed by atoms with Crippen molar-refractivity contribution >= 4 is 22.4 Å². The zero-order chi connectivity index (χ0) is 17.6. The first-order valence-electron chi connectivity index (χ1n) is 7.99. The molecule has 3 rings (SSSR count). The Hall–Kier alpha value is -2.73. The number of anilines is 1. The van der Waals surface area contributed by atoms with Crippen molar-refractivity contribution in [2.45, 2.75) is 20.3 Å². The first kappa shape index (κ1) is 17.1. The molecule has 0 aliphatic rings. The lowest BCUT2D eigenvalue weighted by atomic mass is 10.1. The highest BCUT2D eigenvalue weighted by Gasteiger charge is 2.10. The second-order valence-corrected chi connectivity index (χ2v) is 6.48. The molecule has 0 fully saturated rings. The van der Waals surface area contributed by atoms with Crippen molar-refractivity contribution in [1.29, 1.82) is 0 Å². The summed E-state index contributed by atoms with van der Waals surface area (Å²) in [4.78, 5) is 20.7. The van der Waals surface area contributed by atoms with Crippen LogP contribution in [0, 0.1) is 13.8 Å². The second-order valence-electron chi connectivity index (χ2n) is 5.62. The van der Waals surface area contributed by atoms with Gasteiger partial charge < -0.3 is 10.1 Å². The van der Waals surface area contributed by atoms with Crippen LogP contribution in [0.4, 0.5) is 5.13 Å². The van der Waals surface area contributed by atoms with Crippen LogP contribution in [0.25, 0.3) is 11.4 Å². The van der Waals surface area contributed by atoms with Gasteiger partial charge in [-0.25, -0.2) is 4.98 Å². The standard InChI is InChI=1S/C19H19N3O2S/c1-13-6-5-7-14(2)18(13)24-11-9-17(23)22-19-21-16(12-25-19)15-8-3-4-10-20-15/h3-8,10,12H,9,11H2,1-2H3,(H,21,22,23). The smallest absolute Gasteiger partial charge is 0.229 e. The zero-order valence-corrected chi connectivity index (χ0v) is 15.0. The van der Waals surface area contributed by atoms with E-state index in [1.807, 2.05) is 55.6 Å². The van der Waals surface area contributed by atoms with E-state index in [4.69, 9.17) is 4.74 Å². The van der Waals surface area contributed by atoms with Gasteiger partial charge in [-0.05, 0) is 37.1 Å². The molecule has 0 unspecified atom stereocenters. The number of hydrogen-bond acceptors (Lipinski definition) is 5. The van der Waals surface area contributed by atoms with E-state index in [2.05, 4.69) is 15.3 Å².